The highest BCUT2D eigenvalue weighted by molar-refractivity contribution is 7.18. The van der Waals surface area contributed by atoms with Crippen molar-refractivity contribution in [1.29, 1.82) is 0 Å². The van der Waals surface area contributed by atoms with E-state index >= 15 is 0 Å². The summed E-state index contributed by atoms with van der Waals surface area (Å²) < 4.78 is 1.15. The van der Waals surface area contributed by atoms with Crippen LogP contribution in [0.5, 0.6) is 0 Å². The number of nitrogen functional groups attached to an aromatic ring is 1. The molecule has 0 saturated carbocycles. The average molecular weight is 193 g/mol. The third-order valence-corrected chi connectivity index (χ3v) is 2.87. The number of rotatable bonds is 1. The Hall–Kier alpha value is -1.29. The Balaban J connectivity index is 2.72. The molecule has 0 aliphatic carbocycles. The quantitative estimate of drug-likeness (QED) is 0.683. The van der Waals surface area contributed by atoms with Gasteiger partial charge in [0.1, 0.15) is 0 Å². The van der Waals surface area contributed by atoms with E-state index in [1.807, 2.05) is 26.1 Å². The second-order valence-corrected chi connectivity index (χ2v) is 4.12. The molecule has 4 heteroatoms. The van der Waals surface area contributed by atoms with Gasteiger partial charge in [-0.25, -0.2) is 4.98 Å². The van der Waals surface area contributed by atoms with Gasteiger partial charge in [0.2, 0.25) is 0 Å². The maximum Gasteiger partial charge on any atom is 0.0907 e. The number of fused-ring (bicyclic) bond motifs is 1. The first kappa shape index (κ1) is 8.31. The molecule has 13 heavy (non-hydrogen) atoms. The smallest absolute Gasteiger partial charge is 0.0907 e. The predicted octanol–water partition coefficient (Wildman–Crippen LogP) is 2.23. The minimum atomic E-state index is 0.777. The summed E-state index contributed by atoms with van der Waals surface area (Å²) in [6, 6.07) is 3.94. The molecule has 3 nitrogen and oxygen atoms in total. The molecule has 68 valence electrons. The Morgan fingerprint density at radius 3 is 2.92 bits per heavy atom. The van der Waals surface area contributed by atoms with E-state index in [1.54, 1.807) is 11.3 Å². The molecule has 0 atom stereocenters. The molecule has 0 aliphatic heterocycles. The molecule has 0 radical (unpaired) electrons. The van der Waals surface area contributed by atoms with Gasteiger partial charge in [-0.05, 0) is 19.1 Å². The van der Waals surface area contributed by atoms with E-state index in [-0.39, 0.29) is 0 Å². The Morgan fingerprint density at radius 1 is 1.46 bits per heavy atom. The second-order valence-electron chi connectivity index (χ2n) is 2.89. The number of aromatic nitrogens is 1. The Bertz CT molecular complexity index is 447. The van der Waals surface area contributed by atoms with E-state index in [0.29, 0.717) is 0 Å². The first-order valence-corrected chi connectivity index (χ1v) is 4.87. The molecular formula is C9H11N3S. The van der Waals surface area contributed by atoms with Crippen LogP contribution < -0.4 is 11.1 Å². The van der Waals surface area contributed by atoms with Crippen molar-refractivity contribution in [2.75, 3.05) is 18.1 Å². The van der Waals surface area contributed by atoms with Crippen molar-refractivity contribution in [3.05, 3.63) is 17.1 Å². The van der Waals surface area contributed by atoms with Gasteiger partial charge < -0.3 is 11.1 Å². The van der Waals surface area contributed by atoms with Crippen LogP contribution in [0.3, 0.4) is 0 Å². The van der Waals surface area contributed by atoms with E-state index < -0.39 is 0 Å². The van der Waals surface area contributed by atoms with Crippen LogP contribution >= 0.6 is 11.3 Å². The standard InChI is InChI=1S/C9H11N3S/c1-5-12-8-4-7(11-2)6(10)3-9(8)13-5/h3-4,11H,10H2,1-2H3. The molecule has 1 aromatic carbocycles. The lowest BCUT2D eigenvalue weighted by Gasteiger charge is -2.03. The topological polar surface area (TPSA) is 50.9 Å². The number of aryl methyl sites for hydroxylation is 1. The van der Waals surface area contributed by atoms with E-state index in [1.165, 1.54) is 0 Å². The molecule has 0 amide bonds. The van der Waals surface area contributed by atoms with E-state index in [0.717, 1.165) is 26.6 Å². The summed E-state index contributed by atoms with van der Waals surface area (Å²) in [4.78, 5) is 4.39. The largest absolute Gasteiger partial charge is 0.397 e. The Morgan fingerprint density at radius 2 is 2.23 bits per heavy atom. The summed E-state index contributed by atoms with van der Waals surface area (Å²) >= 11 is 1.67. The number of thiazole rings is 1. The van der Waals surface area contributed by atoms with E-state index in [2.05, 4.69) is 10.3 Å². The van der Waals surface area contributed by atoms with Crippen LogP contribution in [0.4, 0.5) is 11.4 Å². The fraction of sp³-hybridized carbons (Fsp3) is 0.222. The first-order valence-electron chi connectivity index (χ1n) is 4.05. The minimum Gasteiger partial charge on any atom is -0.397 e. The van der Waals surface area contributed by atoms with Gasteiger partial charge in [0.15, 0.2) is 0 Å². The fourth-order valence-corrected chi connectivity index (χ4v) is 2.18. The highest BCUT2D eigenvalue weighted by Crippen LogP contribution is 2.29. The minimum absolute atomic E-state index is 0.777. The fourth-order valence-electron chi connectivity index (χ4n) is 1.32. The van der Waals surface area contributed by atoms with Crippen molar-refractivity contribution in [1.82, 2.24) is 4.98 Å². The van der Waals surface area contributed by atoms with Gasteiger partial charge in [-0.2, -0.15) is 0 Å². The van der Waals surface area contributed by atoms with Gasteiger partial charge in [0.05, 0.1) is 26.6 Å². The van der Waals surface area contributed by atoms with Crippen molar-refractivity contribution >= 4 is 32.9 Å². The monoisotopic (exact) mass is 193 g/mol. The van der Waals surface area contributed by atoms with Crippen molar-refractivity contribution in [2.45, 2.75) is 6.92 Å². The van der Waals surface area contributed by atoms with Crippen LogP contribution in [0.15, 0.2) is 12.1 Å². The third-order valence-electron chi connectivity index (χ3n) is 1.94. The summed E-state index contributed by atoms with van der Waals surface area (Å²) in [5.41, 5.74) is 8.56. The lowest BCUT2D eigenvalue weighted by Crippen LogP contribution is -1.94. The Labute approximate surface area is 80.6 Å². The van der Waals surface area contributed by atoms with Gasteiger partial charge >= 0.3 is 0 Å². The van der Waals surface area contributed by atoms with Crippen LogP contribution in [0.2, 0.25) is 0 Å². The average Bonchev–Trinajstić information content (AvgIpc) is 2.42. The maximum absolute atomic E-state index is 5.82. The molecule has 2 aromatic rings. The van der Waals surface area contributed by atoms with Crippen LogP contribution in [0.25, 0.3) is 10.2 Å². The SMILES string of the molecule is CNc1cc2nc(C)sc2cc1N. The number of hydrogen-bond acceptors (Lipinski definition) is 4. The molecule has 0 spiro atoms. The van der Waals surface area contributed by atoms with Crippen molar-refractivity contribution in [3.8, 4) is 0 Å². The third kappa shape index (κ3) is 1.33. The normalized spacial score (nSPS) is 10.6. The number of anilines is 2. The van der Waals surface area contributed by atoms with E-state index in [4.69, 9.17) is 5.73 Å². The molecule has 1 aromatic heterocycles. The molecule has 1 heterocycles. The van der Waals surface area contributed by atoms with E-state index in [9.17, 15) is 0 Å². The number of benzene rings is 1. The zero-order chi connectivity index (χ0) is 9.42. The number of hydrogen-bond donors (Lipinski definition) is 2. The van der Waals surface area contributed by atoms with Crippen LogP contribution in [0.1, 0.15) is 5.01 Å². The predicted molar refractivity (Wildman–Crippen MR) is 58.3 cm³/mol. The van der Waals surface area contributed by atoms with Gasteiger partial charge in [-0.1, -0.05) is 0 Å². The number of nitrogens with two attached hydrogens (primary N) is 1. The summed E-state index contributed by atoms with van der Waals surface area (Å²) in [5, 5.41) is 4.11. The summed E-state index contributed by atoms with van der Waals surface area (Å²) in [5.74, 6) is 0. The molecule has 2 rings (SSSR count). The molecule has 0 saturated heterocycles. The van der Waals surface area contributed by atoms with Crippen molar-refractivity contribution in [2.24, 2.45) is 0 Å². The van der Waals surface area contributed by atoms with Gasteiger partial charge in [0, 0.05) is 7.05 Å². The summed E-state index contributed by atoms with van der Waals surface area (Å²) in [7, 11) is 1.86. The molecule has 0 fully saturated rings. The highest BCUT2D eigenvalue weighted by Gasteiger charge is 2.04. The van der Waals surface area contributed by atoms with Crippen molar-refractivity contribution < 1.29 is 0 Å². The van der Waals surface area contributed by atoms with Crippen LogP contribution in [-0.4, -0.2) is 12.0 Å². The zero-order valence-corrected chi connectivity index (χ0v) is 8.40. The molecule has 0 bridgehead atoms. The number of nitrogens with zero attached hydrogens (tertiary/aromatic N) is 1. The lowest BCUT2D eigenvalue weighted by atomic mass is 10.2. The van der Waals surface area contributed by atoms with Crippen LogP contribution in [-0.2, 0) is 0 Å². The molecular weight excluding hydrogens is 182 g/mol. The summed E-state index contributed by atoms with van der Waals surface area (Å²) in [6.07, 6.45) is 0. The van der Waals surface area contributed by atoms with Gasteiger partial charge in [-0.15, -0.1) is 11.3 Å². The van der Waals surface area contributed by atoms with Gasteiger partial charge in [-0.3, -0.25) is 0 Å². The zero-order valence-electron chi connectivity index (χ0n) is 7.59. The molecule has 0 aliphatic rings. The first-order chi connectivity index (χ1) is 6.20. The van der Waals surface area contributed by atoms with Crippen molar-refractivity contribution in [3.63, 3.8) is 0 Å². The molecule has 0 unspecified atom stereocenters. The summed E-state index contributed by atoms with van der Waals surface area (Å²) in [6.45, 7) is 2.00. The lowest BCUT2D eigenvalue weighted by molar-refractivity contribution is 1.34. The maximum atomic E-state index is 5.82. The highest BCUT2D eigenvalue weighted by atomic mass is 32.1. The van der Waals surface area contributed by atoms with Crippen LogP contribution in [0, 0.1) is 6.92 Å². The number of nitrogens with one attached hydrogen (secondary N) is 1. The second kappa shape index (κ2) is 2.88. The molecule has 3 N–H and O–H groups in total. The Kier molecular flexibility index (Phi) is 1.84. The van der Waals surface area contributed by atoms with Gasteiger partial charge in [0.25, 0.3) is 0 Å².